The van der Waals surface area contributed by atoms with Gasteiger partial charge < -0.3 is 19.3 Å². The van der Waals surface area contributed by atoms with Crippen LogP contribution >= 0.6 is 0 Å². The maximum atomic E-state index is 12.0. The van der Waals surface area contributed by atoms with E-state index in [-0.39, 0.29) is 18.7 Å². The van der Waals surface area contributed by atoms with Gasteiger partial charge in [0.25, 0.3) is 0 Å². The monoisotopic (exact) mass is 268 g/mol. The molecule has 0 aromatic carbocycles. The van der Waals surface area contributed by atoms with Crippen LogP contribution in [0.4, 0.5) is 0 Å². The number of carbonyl (C=O) groups is 2. The highest BCUT2D eigenvalue weighted by molar-refractivity contribution is 5.78. The van der Waals surface area contributed by atoms with Gasteiger partial charge in [0.15, 0.2) is 0 Å². The Morgan fingerprint density at radius 2 is 2.37 bits per heavy atom. The number of morpholine rings is 1. The van der Waals surface area contributed by atoms with E-state index in [0.29, 0.717) is 31.2 Å². The normalized spacial score (nSPS) is 19.4. The number of aromatic nitrogens is 1. The van der Waals surface area contributed by atoms with Gasteiger partial charge in [0, 0.05) is 19.2 Å². The number of rotatable bonds is 4. The maximum absolute atomic E-state index is 12.0. The summed E-state index contributed by atoms with van der Waals surface area (Å²) in [5, 5.41) is 12.5. The van der Waals surface area contributed by atoms with Crippen molar-refractivity contribution in [3.8, 4) is 0 Å². The van der Waals surface area contributed by atoms with Crippen molar-refractivity contribution in [1.82, 2.24) is 10.1 Å². The number of nitrogens with zero attached hydrogens (tertiary/aromatic N) is 2. The highest BCUT2D eigenvalue weighted by Crippen LogP contribution is 2.11. The molecule has 1 aromatic heterocycles. The summed E-state index contributed by atoms with van der Waals surface area (Å²) in [6, 6.07) is 1.72. The molecule has 0 aliphatic carbocycles. The van der Waals surface area contributed by atoms with Crippen LogP contribution in [0, 0.1) is 6.92 Å². The highest BCUT2D eigenvalue weighted by atomic mass is 16.5. The van der Waals surface area contributed by atoms with Crippen molar-refractivity contribution < 1.29 is 24.0 Å². The fourth-order valence-electron chi connectivity index (χ4n) is 2.03. The Kier molecular flexibility index (Phi) is 4.16. The molecule has 7 heteroatoms. The number of ether oxygens (including phenoxy) is 1. The van der Waals surface area contributed by atoms with Crippen molar-refractivity contribution >= 4 is 11.9 Å². The molecule has 1 unspecified atom stereocenters. The van der Waals surface area contributed by atoms with E-state index in [0.717, 1.165) is 0 Å². The zero-order valence-electron chi connectivity index (χ0n) is 10.7. The Morgan fingerprint density at radius 1 is 1.58 bits per heavy atom. The molecule has 7 nitrogen and oxygen atoms in total. The average molecular weight is 268 g/mol. The first kappa shape index (κ1) is 13.5. The molecule has 1 aromatic rings. The Hall–Kier alpha value is -1.89. The number of hydrogen-bond acceptors (Lipinski definition) is 5. The Labute approximate surface area is 110 Å². The van der Waals surface area contributed by atoms with Crippen LogP contribution in [0.5, 0.6) is 0 Å². The van der Waals surface area contributed by atoms with Gasteiger partial charge in [-0.2, -0.15) is 0 Å². The molecule has 104 valence electrons. The number of amides is 1. The van der Waals surface area contributed by atoms with E-state index >= 15 is 0 Å². The lowest BCUT2D eigenvalue weighted by atomic mass is 10.2. The van der Waals surface area contributed by atoms with Gasteiger partial charge >= 0.3 is 5.97 Å². The first-order chi connectivity index (χ1) is 9.04. The summed E-state index contributed by atoms with van der Waals surface area (Å²) < 4.78 is 10.2. The predicted molar refractivity (Wildman–Crippen MR) is 63.5 cm³/mol. The molecule has 1 atom stereocenters. The number of aryl methyl sites for hydroxylation is 1. The van der Waals surface area contributed by atoms with Gasteiger partial charge in [-0.05, 0) is 6.92 Å². The van der Waals surface area contributed by atoms with Crippen LogP contribution in [0.3, 0.4) is 0 Å². The fraction of sp³-hybridized carbons (Fsp3) is 0.583. The second-order valence-corrected chi connectivity index (χ2v) is 4.54. The number of carbonyl (C=O) groups excluding carboxylic acids is 1. The van der Waals surface area contributed by atoms with Gasteiger partial charge in [0.05, 0.1) is 31.2 Å². The lowest BCUT2D eigenvalue weighted by molar-refractivity contribution is -0.147. The molecule has 1 fully saturated rings. The van der Waals surface area contributed by atoms with E-state index in [2.05, 4.69) is 5.16 Å². The standard InChI is InChI=1S/C12H16N2O5/c1-8-4-9(13-19-8)5-11(15)14-2-3-18-10(7-14)6-12(16)17/h4,10H,2-3,5-7H2,1H3,(H,16,17). The summed E-state index contributed by atoms with van der Waals surface area (Å²) in [6.07, 6.45) is -0.362. The summed E-state index contributed by atoms with van der Waals surface area (Å²) in [4.78, 5) is 24.3. The van der Waals surface area contributed by atoms with Crippen LogP contribution in [0.1, 0.15) is 17.9 Å². The van der Waals surface area contributed by atoms with Crippen molar-refractivity contribution in [3.05, 3.63) is 17.5 Å². The number of aliphatic carboxylic acids is 1. The smallest absolute Gasteiger partial charge is 0.306 e. The highest BCUT2D eigenvalue weighted by Gasteiger charge is 2.26. The van der Waals surface area contributed by atoms with Crippen LogP contribution < -0.4 is 0 Å². The second kappa shape index (κ2) is 5.83. The number of carboxylic acid groups (broad SMARTS) is 1. The van der Waals surface area contributed by atoms with Crippen molar-refractivity contribution in [2.75, 3.05) is 19.7 Å². The summed E-state index contributed by atoms with van der Waals surface area (Å²) in [5.74, 6) is -0.355. The molecular formula is C12H16N2O5. The largest absolute Gasteiger partial charge is 0.481 e. The van der Waals surface area contributed by atoms with E-state index in [4.69, 9.17) is 14.4 Å². The van der Waals surface area contributed by atoms with Crippen molar-refractivity contribution in [2.24, 2.45) is 0 Å². The second-order valence-electron chi connectivity index (χ2n) is 4.54. The molecule has 19 heavy (non-hydrogen) atoms. The fourth-order valence-corrected chi connectivity index (χ4v) is 2.03. The minimum Gasteiger partial charge on any atom is -0.481 e. The van der Waals surface area contributed by atoms with Gasteiger partial charge in [-0.3, -0.25) is 9.59 Å². The molecule has 0 bridgehead atoms. The van der Waals surface area contributed by atoms with E-state index in [9.17, 15) is 9.59 Å². The molecule has 1 N–H and O–H groups in total. The Bertz CT molecular complexity index is 470. The van der Waals surface area contributed by atoms with Crippen LogP contribution in [0.15, 0.2) is 10.6 Å². The molecule has 1 amide bonds. The third kappa shape index (κ3) is 3.78. The van der Waals surface area contributed by atoms with E-state index in [1.54, 1.807) is 17.9 Å². The first-order valence-electron chi connectivity index (χ1n) is 6.08. The minimum absolute atomic E-state index is 0.0904. The molecule has 0 spiro atoms. The molecule has 0 radical (unpaired) electrons. The van der Waals surface area contributed by atoms with E-state index < -0.39 is 12.1 Å². The van der Waals surface area contributed by atoms with Crippen molar-refractivity contribution in [2.45, 2.75) is 25.9 Å². The third-order valence-electron chi connectivity index (χ3n) is 2.90. The Morgan fingerprint density at radius 3 is 3.00 bits per heavy atom. The molecule has 1 aliphatic rings. The number of hydrogen-bond donors (Lipinski definition) is 1. The van der Waals surface area contributed by atoms with Crippen molar-refractivity contribution in [1.29, 1.82) is 0 Å². The number of carboxylic acids is 1. The summed E-state index contributed by atoms with van der Waals surface area (Å²) in [5.41, 5.74) is 0.587. The zero-order chi connectivity index (χ0) is 13.8. The van der Waals surface area contributed by atoms with Crippen LogP contribution in [0.2, 0.25) is 0 Å². The summed E-state index contributed by atoms with van der Waals surface area (Å²) >= 11 is 0. The van der Waals surface area contributed by atoms with Crippen LogP contribution in [-0.4, -0.2) is 52.8 Å². The lowest BCUT2D eigenvalue weighted by Gasteiger charge is -2.32. The maximum Gasteiger partial charge on any atom is 0.306 e. The van der Waals surface area contributed by atoms with E-state index in [1.807, 2.05) is 0 Å². The quantitative estimate of drug-likeness (QED) is 0.840. The zero-order valence-corrected chi connectivity index (χ0v) is 10.7. The van der Waals surface area contributed by atoms with Crippen molar-refractivity contribution in [3.63, 3.8) is 0 Å². The van der Waals surface area contributed by atoms with Gasteiger partial charge in [-0.25, -0.2) is 0 Å². The van der Waals surface area contributed by atoms with E-state index in [1.165, 1.54) is 0 Å². The van der Waals surface area contributed by atoms with Gasteiger partial charge in [0.1, 0.15) is 5.76 Å². The molecule has 2 rings (SSSR count). The van der Waals surface area contributed by atoms with Crippen LogP contribution in [-0.2, 0) is 20.7 Å². The lowest BCUT2D eigenvalue weighted by Crippen LogP contribution is -2.46. The predicted octanol–water partition coefficient (Wildman–Crippen LogP) is 0.228. The van der Waals surface area contributed by atoms with Gasteiger partial charge in [0.2, 0.25) is 5.91 Å². The average Bonchev–Trinajstić information content (AvgIpc) is 2.74. The molecule has 2 heterocycles. The molecule has 0 saturated carbocycles. The summed E-state index contributed by atoms with van der Waals surface area (Å²) in [6.45, 7) is 2.91. The summed E-state index contributed by atoms with van der Waals surface area (Å²) in [7, 11) is 0. The minimum atomic E-state index is -0.925. The van der Waals surface area contributed by atoms with Gasteiger partial charge in [-0.1, -0.05) is 5.16 Å². The molecule has 1 saturated heterocycles. The SMILES string of the molecule is Cc1cc(CC(=O)N2CCOC(CC(=O)O)C2)no1. The third-order valence-corrected chi connectivity index (χ3v) is 2.90. The molecule has 1 aliphatic heterocycles. The first-order valence-corrected chi connectivity index (χ1v) is 6.08. The topological polar surface area (TPSA) is 92.9 Å². The molecular weight excluding hydrogens is 252 g/mol. The van der Waals surface area contributed by atoms with Crippen LogP contribution in [0.25, 0.3) is 0 Å². The Balaban J connectivity index is 1.89. The van der Waals surface area contributed by atoms with Gasteiger partial charge in [-0.15, -0.1) is 0 Å².